The Morgan fingerprint density at radius 1 is 1.18 bits per heavy atom. The molecule has 0 aliphatic carbocycles. The Morgan fingerprint density at radius 3 is 2.35 bits per heavy atom. The van der Waals surface area contributed by atoms with Crippen LogP contribution in [0.25, 0.3) is 11.1 Å². The molecule has 0 radical (unpaired) electrons. The summed E-state index contributed by atoms with van der Waals surface area (Å²) in [6, 6.07) is 4.77. The van der Waals surface area contributed by atoms with Crippen molar-refractivity contribution in [2.45, 2.75) is 12.7 Å². The highest BCUT2D eigenvalue weighted by atomic mass is 19.4. The first-order chi connectivity index (χ1) is 8.02. The molecule has 6 heteroatoms. The van der Waals surface area contributed by atoms with Gasteiger partial charge in [-0.1, -0.05) is 17.3 Å². The van der Waals surface area contributed by atoms with Gasteiger partial charge in [0.15, 0.2) is 0 Å². The van der Waals surface area contributed by atoms with Crippen LogP contribution in [0.1, 0.15) is 11.3 Å². The molecule has 1 aromatic carbocycles. The van der Waals surface area contributed by atoms with E-state index in [9.17, 15) is 13.2 Å². The Labute approximate surface area is 95.0 Å². The van der Waals surface area contributed by atoms with Gasteiger partial charge in [-0.2, -0.15) is 13.2 Å². The van der Waals surface area contributed by atoms with Crippen molar-refractivity contribution in [3.05, 3.63) is 41.8 Å². The Morgan fingerprint density at radius 2 is 1.82 bits per heavy atom. The molecule has 0 fully saturated rings. The van der Waals surface area contributed by atoms with Crippen LogP contribution in [0.4, 0.5) is 13.2 Å². The number of hydrogen-bond donors (Lipinski definition) is 1. The molecule has 0 bridgehead atoms. The maximum absolute atomic E-state index is 12.4. The Kier molecular flexibility index (Phi) is 2.89. The zero-order chi connectivity index (χ0) is 12.5. The van der Waals surface area contributed by atoms with Crippen LogP contribution >= 0.6 is 0 Å². The summed E-state index contributed by atoms with van der Waals surface area (Å²) in [5, 5.41) is 3.66. The largest absolute Gasteiger partial charge is 0.416 e. The summed E-state index contributed by atoms with van der Waals surface area (Å²) in [5.74, 6) is 0. The van der Waals surface area contributed by atoms with E-state index in [4.69, 9.17) is 10.3 Å². The molecule has 0 unspecified atom stereocenters. The first-order valence-electron chi connectivity index (χ1n) is 4.83. The van der Waals surface area contributed by atoms with E-state index in [1.807, 2.05) is 0 Å². The van der Waals surface area contributed by atoms with Gasteiger partial charge in [0.1, 0.15) is 12.0 Å². The number of hydrogen-bond acceptors (Lipinski definition) is 3. The van der Waals surface area contributed by atoms with E-state index >= 15 is 0 Å². The average molecular weight is 242 g/mol. The summed E-state index contributed by atoms with van der Waals surface area (Å²) in [6.45, 7) is 0.173. The lowest BCUT2D eigenvalue weighted by Gasteiger charge is -2.07. The van der Waals surface area contributed by atoms with E-state index in [2.05, 4.69) is 5.16 Å². The summed E-state index contributed by atoms with van der Waals surface area (Å²) in [7, 11) is 0. The van der Waals surface area contributed by atoms with E-state index in [1.165, 1.54) is 18.4 Å². The summed E-state index contributed by atoms with van der Waals surface area (Å²) >= 11 is 0. The van der Waals surface area contributed by atoms with Crippen molar-refractivity contribution in [3.8, 4) is 11.1 Å². The molecular weight excluding hydrogens is 233 g/mol. The molecule has 2 N–H and O–H groups in total. The SMILES string of the molecule is NCc1nocc1-c1ccc(C(F)(F)F)cc1. The molecule has 0 saturated carbocycles. The highest BCUT2D eigenvalue weighted by Crippen LogP contribution is 2.31. The fourth-order valence-electron chi connectivity index (χ4n) is 1.48. The summed E-state index contributed by atoms with van der Waals surface area (Å²) in [6.07, 6.45) is -2.96. The van der Waals surface area contributed by atoms with Gasteiger partial charge in [0.2, 0.25) is 0 Å². The van der Waals surface area contributed by atoms with Crippen LogP contribution in [0.3, 0.4) is 0 Å². The molecular formula is C11H9F3N2O. The molecule has 90 valence electrons. The van der Waals surface area contributed by atoms with Crippen LogP contribution in [-0.4, -0.2) is 5.16 Å². The Hall–Kier alpha value is -1.82. The van der Waals surface area contributed by atoms with Gasteiger partial charge in [0.05, 0.1) is 5.56 Å². The van der Waals surface area contributed by atoms with E-state index in [1.54, 1.807) is 0 Å². The lowest BCUT2D eigenvalue weighted by Crippen LogP contribution is -2.04. The number of halogens is 3. The predicted molar refractivity (Wildman–Crippen MR) is 54.8 cm³/mol. The van der Waals surface area contributed by atoms with E-state index in [0.717, 1.165) is 12.1 Å². The lowest BCUT2D eigenvalue weighted by atomic mass is 10.0. The molecule has 17 heavy (non-hydrogen) atoms. The number of aromatic nitrogens is 1. The van der Waals surface area contributed by atoms with E-state index in [0.29, 0.717) is 16.8 Å². The second-order valence-electron chi connectivity index (χ2n) is 3.45. The van der Waals surface area contributed by atoms with Gasteiger partial charge < -0.3 is 10.3 Å². The van der Waals surface area contributed by atoms with Crippen LogP contribution in [0.5, 0.6) is 0 Å². The predicted octanol–water partition coefficient (Wildman–Crippen LogP) is 2.82. The second kappa shape index (κ2) is 4.21. The van der Waals surface area contributed by atoms with Crippen LogP contribution in [0, 0.1) is 0 Å². The van der Waals surface area contributed by atoms with Gasteiger partial charge in [-0.25, -0.2) is 0 Å². The normalized spacial score (nSPS) is 11.8. The zero-order valence-corrected chi connectivity index (χ0v) is 8.66. The van der Waals surface area contributed by atoms with Crippen LogP contribution in [0.2, 0.25) is 0 Å². The van der Waals surface area contributed by atoms with Crippen molar-refractivity contribution in [1.29, 1.82) is 0 Å². The monoisotopic (exact) mass is 242 g/mol. The minimum absolute atomic E-state index is 0.173. The fourth-order valence-corrected chi connectivity index (χ4v) is 1.48. The summed E-state index contributed by atoms with van der Waals surface area (Å²) in [5.41, 5.74) is 6.47. The zero-order valence-electron chi connectivity index (χ0n) is 8.66. The molecule has 2 rings (SSSR count). The van der Waals surface area contributed by atoms with Crippen LogP contribution < -0.4 is 5.73 Å². The number of nitrogens with zero attached hydrogens (tertiary/aromatic N) is 1. The van der Waals surface area contributed by atoms with Crippen molar-refractivity contribution >= 4 is 0 Å². The van der Waals surface area contributed by atoms with Gasteiger partial charge in [-0.05, 0) is 17.7 Å². The minimum Gasteiger partial charge on any atom is -0.364 e. The van der Waals surface area contributed by atoms with Crippen molar-refractivity contribution in [3.63, 3.8) is 0 Å². The second-order valence-corrected chi connectivity index (χ2v) is 3.45. The molecule has 0 spiro atoms. The molecule has 0 atom stereocenters. The van der Waals surface area contributed by atoms with Crippen molar-refractivity contribution < 1.29 is 17.7 Å². The number of rotatable bonds is 2. The number of alkyl halides is 3. The molecule has 0 aliphatic heterocycles. The maximum atomic E-state index is 12.4. The van der Waals surface area contributed by atoms with Gasteiger partial charge in [0.25, 0.3) is 0 Å². The fraction of sp³-hybridized carbons (Fsp3) is 0.182. The van der Waals surface area contributed by atoms with Crippen molar-refractivity contribution in [2.75, 3.05) is 0 Å². The third-order valence-electron chi connectivity index (χ3n) is 2.36. The molecule has 1 heterocycles. The Balaban J connectivity index is 2.36. The summed E-state index contributed by atoms with van der Waals surface area (Å²) in [4.78, 5) is 0. The van der Waals surface area contributed by atoms with E-state index < -0.39 is 11.7 Å². The maximum Gasteiger partial charge on any atom is 0.416 e. The number of nitrogens with two attached hydrogens (primary N) is 1. The van der Waals surface area contributed by atoms with Gasteiger partial charge in [-0.15, -0.1) is 0 Å². The van der Waals surface area contributed by atoms with E-state index in [-0.39, 0.29) is 6.54 Å². The smallest absolute Gasteiger partial charge is 0.364 e. The molecule has 2 aromatic rings. The highest BCUT2D eigenvalue weighted by molar-refractivity contribution is 5.64. The average Bonchev–Trinajstić information content (AvgIpc) is 2.76. The highest BCUT2D eigenvalue weighted by Gasteiger charge is 2.30. The lowest BCUT2D eigenvalue weighted by molar-refractivity contribution is -0.137. The minimum atomic E-state index is -4.33. The quantitative estimate of drug-likeness (QED) is 0.880. The third-order valence-corrected chi connectivity index (χ3v) is 2.36. The first-order valence-corrected chi connectivity index (χ1v) is 4.83. The van der Waals surface area contributed by atoms with Gasteiger partial charge >= 0.3 is 6.18 Å². The molecule has 3 nitrogen and oxygen atoms in total. The molecule has 0 amide bonds. The Bertz CT molecular complexity index is 502. The number of benzene rings is 1. The van der Waals surface area contributed by atoms with Crippen LogP contribution in [-0.2, 0) is 12.7 Å². The standard InChI is InChI=1S/C11H9F3N2O/c12-11(13,14)8-3-1-7(2-4-8)9-6-17-16-10(9)5-15/h1-4,6H,5,15H2. The molecule has 1 aromatic heterocycles. The topological polar surface area (TPSA) is 52.0 Å². The van der Waals surface area contributed by atoms with Crippen molar-refractivity contribution in [2.24, 2.45) is 5.73 Å². The molecule has 0 aliphatic rings. The third kappa shape index (κ3) is 2.31. The van der Waals surface area contributed by atoms with Crippen molar-refractivity contribution in [1.82, 2.24) is 5.16 Å². The first kappa shape index (κ1) is 11.7. The van der Waals surface area contributed by atoms with Gasteiger partial charge in [-0.3, -0.25) is 0 Å². The van der Waals surface area contributed by atoms with Gasteiger partial charge in [0, 0.05) is 12.1 Å². The van der Waals surface area contributed by atoms with Crippen LogP contribution in [0.15, 0.2) is 35.1 Å². The molecule has 0 saturated heterocycles. The summed E-state index contributed by atoms with van der Waals surface area (Å²) < 4.78 is 41.8.